The van der Waals surface area contributed by atoms with Crippen LogP contribution in [0.3, 0.4) is 0 Å². The molecule has 130 valence electrons. The van der Waals surface area contributed by atoms with Crippen LogP contribution in [0.5, 0.6) is 0 Å². The number of hydrogen-bond donors (Lipinski definition) is 0. The summed E-state index contributed by atoms with van der Waals surface area (Å²) in [5, 5.41) is 4.01. The van der Waals surface area contributed by atoms with Crippen LogP contribution in [-0.2, 0) is 6.54 Å². The summed E-state index contributed by atoms with van der Waals surface area (Å²) in [6, 6.07) is 11.1. The molecule has 0 saturated heterocycles. The average Bonchev–Trinajstić information content (AvgIpc) is 3.06. The Kier molecular flexibility index (Phi) is 4.84. The molecule has 4 rings (SSSR count). The van der Waals surface area contributed by atoms with Gasteiger partial charge in [0.1, 0.15) is 5.01 Å². The van der Waals surface area contributed by atoms with Crippen molar-refractivity contribution in [1.82, 2.24) is 14.5 Å². The van der Waals surface area contributed by atoms with Crippen molar-refractivity contribution in [1.29, 1.82) is 0 Å². The molecule has 26 heavy (non-hydrogen) atoms. The van der Waals surface area contributed by atoms with Crippen molar-refractivity contribution in [2.24, 2.45) is 0 Å². The number of benzene rings is 2. The molecule has 0 atom stereocenters. The summed E-state index contributed by atoms with van der Waals surface area (Å²) in [5.74, 6) is 0. The third kappa shape index (κ3) is 3.42. The average molecular weight is 467 g/mol. The van der Waals surface area contributed by atoms with Crippen molar-refractivity contribution in [3.05, 3.63) is 78.7 Å². The zero-order valence-electron chi connectivity index (χ0n) is 13.1. The SMILES string of the molecule is O=c1c2cc(Cl)cc(Cl)c2ncn1Cc1csc(-c2cccc(Br)c2)n1. The lowest BCUT2D eigenvalue weighted by atomic mass is 10.2. The summed E-state index contributed by atoms with van der Waals surface area (Å²) >= 11 is 17.1. The van der Waals surface area contributed by atoms with Gasteiger partial charge in [-0.3, -0.25) is 9.36 Å². The second kappa shape index (κ2) is 7.12. The van der Waals surface area contributed by atoms with Crippen molar-refractivity contribution >= 4 is 61.4 Å². The first-order valence-electron chi connectivity index (χ1n) is 7.56. The number of thiazole rings is 1. The van der Waals surface area contributed by atoms with Crippen molar-refractivity contribution in [2.75, 3.05) is 0 Å². The second-order valence-electron chi connectivity index (χ2n) is 5.62. The van der Waals surface area contributed by atoms with Gasteiger partial charge in [0.2, 0.25) is 0 Å². The lowest BCUT2D eigenvalue weighted by molar-refractivity contribution is 0.734. The zero-order valence-corrected chi connectivity index (χ0v) is 17.0. The molecular weight excluding hydrogens is 457 g/mol. The van der Waals surface area contributed by atoms with Gasteiger partial charge in [-0.2, -0.15) is 0 Å². The van der Waals surface area contributed by atoms with Gasteiger partial charge in [0, 0.05) is 20.4 Å². The summed E-state index contributed by atoms with van der Waals surface area (Å²) in [5.41, 5.74) is 2.07. The molecule has 0 aliphatic carbocycles. The molecule has 0 bridgehead atoms. The molecule has 2 aromatic carbocycles. The van der Waals surface area contributed by atoms with E-state index in [0.717, 1.165) is 20.7 Å². The van der Waals surface area contributed by atoms with E-state index in [1.165, 1.54) is 22.2 Å². The minimum atomic E-state index is -0.198. The molecule has 4 aromatic rings. The topological polar surface area (TPSA) is 47.8 Å². The molecule has 8 heteroatoms. The summed E-state index contributed by atoms with van der Waals surface area (Å²) in [6.45, 7) is 0.330. The van der Waals surface area contributed by atoms with Crippen LogP contribution in [0.25, 0.3) is 21.5 Å². The van der Waals surface area contributed by atoms with Crippen LogP contribution in [0.15, 0.2) is 57.4 Å². The number of aromatic nitrogens is 3. The highest BCUT2D eigenvalue weighted by Crippen LogP contribution is 2.27. The van der Waals surface area contributed by atoms with E-state index in [1.54, 1.807) is 12.1 Å². The van der Waals surface area contributed by atoms with Gasteiger partial charge in [0.15, 0.2) is 0 Å². The third-order valence-electron chi connectivity index (χ3n) is 3.80. The summed E-state index contributed by atoms with van der Waals surface area (Å²) in [4.78, 5) is 21.7. The highest BCUT2D eigenvalue weighted by atomic mass is 79.9. The largest absolute Gasteiger partial charge is 0.293 e. The second-order valence-corrected chi connectivity index (χ2v) is 8.23. The van der Waals surface area contributed by atoms with Crippen LogP contribution < -0.4 is 5.56 Å². The molecule has 0 saturated carbocycles. The van der Waals surface area contributed by atoms with E-state index in [1.807, 2.05) is 29.6 Å². The normalized spacial score (nSPS) is 11.2. The summed E-state index contributed by atoms with van der Waals surface area (Å²) < 4.78 is 2.50. The molecule has 2 heterocycles. The number of halogens is 3. The molecule has 0 unspecified atom stereocenters. The Hall–Kier alpha value is -1.73. The van der Waals surface area contributed by atoms with Crippen LogP contribution in [0.2, 0.25) is 10.0 Å². The maximum atomic E-state index is 12.7. The van der Waals surface area contributed by atoms with Crippen LogP contribution in [-0.4, -0.2) is 14.5 Å². The van der Waals surface area contributed by atoms with Gasteiger partial charge >= 0.3 is 0 Å². The van der Waals surface area contributed by atoms with E-state index in [0.29, 0.717) is 27.5 Å². The first-order valence-corrected chi connectivity index (χ1v) is 9.98. The Labute approximate surface area is 171 Å². The molecule has 0 fully saturated rings. The van der Waals surface area contributed by atoms with Crippen LogP contribution in [0, 0.1) is 0 Å². The third-order valence-corrected chi connectivity index (χ3v) is 5.74. The van der Waals surface area contributed by atoms with Crippen LogP contribution in [0.1, 0.15) is 5.69 Å². The Morgan fingerprint density at radius 1 is 1.19 bits per heavy atom. The van der Waals surface area contributed by atoms with Crippen molar-refractivity contribution in [3.63, 3.8) is 0 Å². The van der Waals surface area contributed by atoms with Gasteiger partial charge in [-0.05, 0) is 24.3 Å². The first kappa shape index (κ1) is 17.7. The van der Waals surface area contributed by atoms with Crippen LogP contribution in [0.4, 0.5) is 0 Å². The van der Waals surface area contributed by atoms with E-state index in [-0.39, 0.29) is 5.56 Å². The molecule has 0 N–H and O–H groups in total. The summed E-state index contributed by atoms with van der Waals surface area (Å²) in [7, 11) is 0. The molecule has 0 aliphatic rings. The molecule has 4 nitrogen and oxygen atoms in total. The van der Waals surface area contributed by atoms with Gasteiger partial charge in [0.25, 0.3) is 5.56 Å². The zero-order chi connectivity index (χ0) is 18.3. The van der Waals surface area contributed by atoms with E-state index < -0.39 is 0 Å². The fraction of sp³-hybridized carbons (Fsp3) is 0.0556. The molecule has 2 aromatic heterocycles. The lowest BCUT2D eigenvalue weighted by Crippen LogP contribution is -2.21. The van der Waals surface area contributed by atoms with Crippen molar-refractivity contribution in [3.8, 4) is 10.6 Å². The van der Waals surface area contributed by atoms with Gasteiger partial charge in [-0.1, -0.05) is 51.3 Å². The maximum Gasteiger partial charge on any atom is 0.261 e. The van der Waals surface area contributed by atoms with E-state index in [2.05, 4.69) is 25.9 Å². The quantitative estimate of drug-likeness (QED) is 0.392. The monoisotopic (exact) mass is 465 g/mol. The Bertz CT molecular complexity index is 1190. The van der Waals surface area contributed by atoms with E-state index in [9.17, 15) is 4.79 Å². The van der Waals surface area contributed by atoms with E-state index >= 15 is 0 Å². The highest BCUT2D eigenvalue weighted by molar-refractivity contribution is 9.10. The van der Waals surface area contributed by atoms with E-state index in [4.69, 9.17) is 23.2 Å². The predicted octanol–water partition coefficient (Wildman–Crippen LogP) is 5.64. The molecule has 0 amide bonds. The van der Waals surface area contributed by atoms with Gasteiger partial charge in [-0.15, -0.1) is 11.3 Å². The number of nitrogens with zero attached hydrogens (tertiary/aromatic N) is 3. The number of rotatable bonds is 3. The van der Waals surface area contributed by atoms with Gasteiger partial charge in [0.05, 0.1) is 34.5 Å². The Balaban J connectivity index is 1.70. The summed E-state index contributed by atoms with van der Waals surface area (Å²) in [6.07, 6.45) is 1.49. The Morgan fingerprint density at radius 3 is 2.85 bits per heavy atom. The Morgan fingerprint density at radius 2 is 2.04 bits per heavy atom. The smallest absolute Gasteiger partial charge is 0.261 e. The molecule has 0 radical (unpaired) electrons. The maximum absolute atomic E-state index is 12.7. The molecule has 0 aliphatic heterocycles. The standard InChI is InChI=1S/C18H10BrCl2N3OS/c19-11-3-1-2-10(4-11)17-23-13(8-26-17)7-24-9-22-16-14(18(24)25)5-12(20)6-15(16)21/h1-6,8-9H,7H2. The fourth-order valence-corrected chi connectivity index (χ4v) is 4.37. The molecular formula is C18H10BrCl2N3OS. The van der Waals surface area contributed by atoms with Gasteiger partial charge < -0.3 is 0 Å². The first-order chi connectivity index (χ1) is 12.5. The van der Waals surface area contributed by atoms with Crippen molar-refractivity contribution in [2.45, 2.75) is 6.54 Å². The number of hydrogen-bond acceptors (Lipinski definition) is 4. The minimum absolute atomic E-state index is 0.198. The van der Waals surface area contributed by atoms with Crippen molar-refractivity contribution < 1.29 is 0 Å². The predicted molar refractivity (Wildman–Crippen MR) is 110 cm³/mol. The fourth-order valence-electron chi connectivity index (χ4n) is 2.62. The van der Waals surface area contributed by atoms with Crippen LogP contribution >= 0.6 is 50.5 Å². The number of fused-ring (bicyclic) bond motifs is 1. The molecule has 0 spiro atoms. The highest BCUT2D eigenvalue weighted by Gasteiger charge is 2.11. The van der Waals surface area contributed by atoms with Gasteiger partial charge in [-0.25, -0.2) is 9.97 Å². The minimum Gasteiger partial charge on any atom is -0.293 e. The lowest BCUT2D eigenvalue weighted by Gasteiger charge is -2.06.